The van der Waals surface area contributed by atoms with Crippen molar-refractivity contribution in [2.24, 2.45) is 5.10 Å². The average molecular weight is 271 g/mol. The van der Waals surface area contributed by atoms with E-state index >= 15 is 0 Å². The van der Waals surface area contributed by atoms with Crippen LogP contribution in [0.1, 0.15) is 18.4 Å². The molecule has 0 saturated carbocycles. The number of hydrogen-bond acceptors (Lipinski definition) is 3. The Kier molecular flexibility index (Phi) is 6.50. The summed E-state index contributed by atoms with van der Waals surface area (Å²) >= 11 is 10.7. The fourth-order valence-corrected chi connectivity index (χ4v) is 1.39. The fraction of sp³-hybridized carbons (Fsp3) is 0.364. The smallest absolute Gasteiger partial charge is 0.186 e. The predicted molar refractivity (Wildman–Crippen MR) is 75.5 cm³/mol. The van der Waals surface area contributed by atoms with Crippen LogP contribution in [0.2, 0.25) is 0 Å². The molecule has 17 heavy (non-hydrogen) atoms. The largest absolute Gasteiger partial charge is 0.364 e. The van der Waals surface area contributed by atoms with E-state index in [0.29, 0.717) is 11.0 Å². The van der Waals surface area contributed by atoms with Crippen LogP contribution in [0.3, 0.4) is 0 Å². The van der Waals surface area contributed by atoms with Crippen molar-refractivity contribution in [2.75, 3.05) is 12.9 Å². The maximum atomic E-state index is 5.69. The van der Waals surface area contributed by atoms with Gasteiger partial charge in [-0.1, -0.05) is 6.07 Å². The number of pyridine rings is 1. The molecule has 0 aromatic carbocycles. The van der Waals surface area contributed by atoms with Crippen LogP contribution >= 0.6 is 23.8 Å². The van der Waals surface area contributed by atoms with Crippen LogP contribution in [0.5, 0.6) is 0 Å². The van der Waals surface area contributed by atoms with E-state index in [1.165, 1.54) is 0 Å². The van der Waals surface area contributed by atoms with E-state index in [4.69, 9.17) is 23.8 Å². The number of hydrazone groups is 1. The van der Waals surface area contributed by atoms with E-state index < -0.39 is 0 Å². The number of hydrogen-bond donors (Lipinski definition) is 2. The van der Waals surface area contributed by atoms with Gasteiger partial charge in [0.25, 0.3) is 0 Å². The summed E-state index contributed by atoms with van der Waals surface area (Å²) in [6, 6.07) is 3.84. The lowest BCUT2D eigenvalue weighted by Gasteiger charge is -2.07. The minimum absolute atomic E-state index is 0.484. The minimum Gasteiger partial charge on any atom is -0.364 e. The summed E-state index contributed by atoms with van der Waals surface area (Å²) in [5, 5.41) is 7.55. The molecule has 0 bridgehead atoms. The second-order valence-corrected chi connectivity index (χ2v) is 4.07. The van der Waals surface area contributed by atoms with Gasteiger partial charge in [0, 0.05) is 30.9 Å². The Morgan fingerprint density at radius 2 is 2.41 bits per heavy atom. The Balaban J connectivity index is 2.76. The SMILES string of the molecule is CNC(=S)NN=C(CCCCl)c1cccnc1. The molecule has 2 N–H and O–H groups in total. The third kappa shape index (κ3) is 5.10. The first-order valence-corrected chi connectivity index (χ1v) is 6.23. The van der Waals surface area contributed by atoms with Gasteiger partial charge in [0.15, 0.2) is 5.11 Å². The van der Waals surface area contributed by atoms with Crippen molar-refractivity contribution in [1.29, 1.82) is 0 Å². The molecule has 4 nitrogen and oxygen atoms in total. The van der Waals surface area contributed by atoms with E-state index in [2.05, 4.69) is 20.8 Å². The van der Waals surface area contributed by atoms with Crippen LogP contribution in [-0.4, -0.2) is 28.7 Å². The number of rotatable bonds is 5. The van der Waals surface area contributed by atoms with Gasteiger partial charge in [-0.2, -0.15) is 5.10 Å². The third-order valence-electron chi connectivity index (χ3n) is 2.06. The molecule has 6 heteroatoms. The predicted octanol–water partition coefficient (Wildman–Crippen LogP) is 1.90. The van der Waals surface area contributed by atoms with Crippen molar-refractivity contribution in [3.63, 3.8) is 0 Å². The van der Waals surface area contributed by atoms with E-state index in [-0.39, 0.29) is 0 Å². The lowest BCUT2D eigenvalue weighted by atomic mass is 10.1. The molecule has 0 amide bonds. The minimum atomic E-state index is 0.484. The fourth-order valence-electron chi connectivity index (χ4n) is 1.21. The molecule has 1 aromatic rings. The molecular weight excluding hydrogens is 256 g/mol. The van der Waals surface area contributed by atoms with Gasteiger partial charge in [-0.3, -0.25) is 10.4 Å². The molecule has 0 atom stereocenters. The van der Waals surface area contributed by atoms with E-state index in [0.717, 1.165) is 24.1 Å². The number of thiocarbonyl (C=S) groups is 1. The Hall–Kier alpha value is -1.20. The van der Waals surface area contributed by atoms with E-state index in [1.807, 2.05) is 12.1 Å². The van der Waals surface area contributed by atoms with Crippen LogP contribution in [0.4, 0.5) is 0 Å². The second-order valence-electron chi connectivity index (χ2n) is 3.28. The van der Waals surface area contributed by atoms with Crippen molar-refractivity contribution in [1.82, 2.24) is 15.7 Å². The molecular formula is C11H15ClN4S. The van der Waals surface area contributed by atoms with Crippen LogP contribution < -0.4 is 10.7 Å². The van der Waals surface area contributed by atoms with Gasteiger partial charge in [0.05, 0.1) is 5.71 Å². The molecule has 0 aliphatic carbocycles. The van der Waals surface area contributed by atoms with Gasteiger partial charge in [-0.05, 0) is 31.1 Å². The zero-order chi connectivity index (χ0) is 12.5. The zero-order valence-corrected chi connectivity index (χ0v) is 11.2. The van der Waals surface area contributed by atoms with Gasteiger partial charge in [0.1, 0.15) is 0 Å². The Bertz CT molecular complexity index is 380. The number of nitrogens with one attached hydrogen (secondary N) is 2. The van der Waals surface area contributed by atoms with Gasteiger partial charge in [-0.25, -0.2) is 0 Å². The highest BCUT2D eigenvalue weighted by molar-refractivity contribution is 7.80. The lowest BCUT2D eigenvalue weighted by molar-refractivity contribution is 0.934. The van der Waals surface area contributed by atoms with Gasteiger partial charge in [0.2, 0.25) is 0 Å². The topological polar surface area (TPSA) is 49.3 Å². The van der Waals surface area contributed by atoms with Crippen LogP contribution in [0.25, 0.3) is 0 Å². The first-order valence-electron chi connectivity index (χ1n) is 5.28. The monoisotopic (exact) mass is 270 g/mol. The first kappa shape index (κ1) is 13.9. The maximum absolute atomic E-state index is 5.69. The number of nitrogens with zero attached hydrogens (tertiary/aromatic N) is 2. The molecule has 0 aliphatic rings. The van der Waals surface area contributed by atoms with Gasteiger partial charge >= 0.3 is 0 Å². The van der Waals surface area contributed by atoms with Crippen molar-refractivity contribution in [3.05, 3.63) is 30.1 Å². The van der Waals surface area contributed by atoms with Crippen LogP contribution in [0.15, 0.2) is 29.6 Å². The highest BCUT2D eigenvalue weighted by Gasteiger charge is 2.03. The summed E-state index contributed by atoms with van der Waals surface area (Å²) in [4.78, 5) is 4.07. The molecule has 0 aliphatic heterocycles. The standard InChI is InChI=1S/C11H15ClN4S/c1-13-11(17)16-15-10(5-2-6-12)9-4-3-7-14-8-9/h3-4,7-8H,2,5-6H2,1H3,(H2,13,16,17). The summed E-state index contributed by atoms with van der Waals surface area (Å²) in [6.45, 7) is 0. The summed E-state index contributed by atoms with van der Waals surface area (Å²) in [5.74, 6) is 0.607. The van der Waals surface area contributed by atoms with Crippen LogP contribution in [0, 0.1) is 0 Å². The van der Waals surface area contributed by atoms with Crippen LogP contribution in [-0.2, 0) is 0 Å². The van der Waals surface area contributed by atoms with Gasteiger partial charge in [-0.15, -0.1) is 11.6 Å². The van der Waals surface area contributed by atoms with Crippen molar-refractivity contribution in [3.8, 4) is 0 Å². The van der Waals surface area contributed by atoms with E-state index in [1.54, 1.807) is 19.4 Å². The van der Waals surface area contributed by atoms with Crippen molar-refractivity contribution < 1.29 is 0 Å². The third-order valence-corrected chi connectivity index (χ3v) is 2.62. The second kappa shape index (κ2) is 7.97. The highest BCUT2D eigenvalue weighted by atomic mass is 35.5. The molecule has 92 valence electrons. The number of alkyl halides is 1. The average Bonchev–Trinajstić information content (AvgIpc) is 2.39. The molecule has 0 fully saturated rings. The molecule has 0 saturated heterocycles. The molecule has 0 unspecified atom stereocenters. The lowest BCUT2D eigenvalue weighted by Crippen LogP contribution is -2.29. The molecule has 1 heterocycles. The van der Waals surface area contributed by atoms with Crippen molar-refractivity contribution in [2.45, 2.75) is 12.8 Å². The summed E-state index contributed by atoms with van der Waals surface area (Å²) in [6.07, 6.45) is 5.16. The summed E-state index contributed by atoms with van der Waals surface area (Å²) in [5.41, 5.74) is 4.65. The molecule has 0 spiro atoms. The summed E-state index contributed by atoms with van der Waals surface area (Å²) < 4.78 is 0. The summed E-state index contributed by atoms with van der Waals surface area (Å²) in [7, 11) is 1.74. The molecule has 1 rings (SSSR count). The van der Waals surface area contributed by atoms with Gasteiger partial charge < -0.3 is 5.32 Å². The zero-order valence-electron chi connectivity index (χ0n) is 9.61. The number of aromatic nitrogens is 1. The Labute approximate surface area is 111 Å². The first-order chi connectivity index (χ1) is 8.27. The molecule has 1 aromatic heterocycles. The van der Waals surface area contributed by atoms with E-state index in [9.17, 15) is 0 Å². The quantitative estimate of drug-likeness (QED) is 0.371. The van der Waals surface area contributed by atoms with Crippen molar-refractivity contribution >= 4 is 34.6 Å². The molecule has 0 radical (unpaired) electrons. The normalized spacial score (nSPS) is 11.1. The Morgan fingerprint density at radius 1 is 1.59 bits per heavy atom. The number of halogens is 1. The highest BCUT2D eigenvalue weighted by Crippen LogP contribution is 2.05. The Morgan fingerprint density at radius 3 is 3.00 bits per heavy atom. The maximum Gasteiger partial charge on any atom is 0.186 e.